The first kappa shape index (κ1) is 15.1. The third-order valence-corrected chi connectivity index (χ3v) is 1.30. The molecule has 0 atom stereocenters. The normalized spacial score (nSPS) is 7.69. The van der Waals surface area contributed by atoms with Gasteiger partial charge >= 0.3 is 23.1 Å². The fourth-order valence-corrected chi connectivity index (χ4v) is 0.775. The summed E-state index contributed by atoms with van der Waals surface area (Å²) in [5, 5.41) is 9.30. The number of allylic oxidation sites excluding steroid dienone is 1. The van der Waals surface area contributed by atoms with Crippen LogP contribution in [0.1, 0.15) is 12.1 Å². The van der Waals surface area contributed by atoms with Crippen LogP contribution >= 0.6 is 0 Å². The Bertz CT molecular complexity index is 262. The molecule has 0 aliphatic carbocycles. The second-order valence-electron chi connectivity index (χ2n) is 2.15. The zero-order chi connectivity index (χ0) is 8.10. The van der Waals surface area contributed by atoms with Gasteiger partial charge in [-0.1, -0.05) is 12.1 Å². The van der Waals surface area contributed by atoms with Crippen LogP contribution in [-0.4, -0.2) is 33.7 Å². The van der Waals surface area contributed by atoms with Crippen LogP contribution < -0.4 is 12.4 Å². The molecule has 0 N–H and O–H groups in total. The molecule has 64 valence electrons. The summed E-state index contributed by atoms with van der Waals surface area (Å²) in [6.07, 6.45) is 3.76. The van der Waals surface area contributed by atoms with Crippen molar-refractivity contribution in [2.45, 2.75) is 6.42 Å². The number of halogens is 1. The Labute approximate surface area is 101 Å². The molecule has 4 heteroatoms. The van der Waals surface area contributed by atoms with Crippen LogP contribution in [0.15, 0.2) is 37.1 Å². The summed E-state index contributed by atoms with van der Waals surface area (Å²) >= 11 is 0. The SMILES string of the molecule is C=CCC(=[N-])c1ccccn1.[Cl-].[Mg+2]. The fourth-order valence-electron chi connectivity index (χ4n) is 0.775. The van der Waals surface area contributed by atoms with Crippen LogP contribution in [0, 0.1) is 0 Å². The molecule has 0 saturated carbocycles. The minimum atomic E-state index is 0. The average molecular weight is 205 g/mol. The largest absolute Gasteiger partial charge is 2.00 e. The quantitative estimate of drug-likeness (QED) is 0.341. The molecule has 0 saturated heterocycles. The molecule has 0 unspecified atom stereocenters. The molecule has 2 nitrogen and oxygen atoms in total. The molecule has 0 amide bonds. The summed E-state index contributed by atoms with van der Waals surface area (Å²) in [5.41, 5.74) is 0.882. The molecule has 1 rings (SSSR count). The smallest absolute Gasteiger partial charge is 1.00 e. The second kappa shape index (κ2) is 8.23. The van der Waals surface area contributed by atoms with Gasteiger partial charge in [-0.2, -0.15) is 5.71 Å². The third-order valence-electron chi connectivity index (χ3n) is 1.30. The van der Waals surface area contributed by atoms with Crippen molar-refractivity contribution in [3.8, 4) is 0 Å². The molecule has 13 heavy (non-hydrogen) atoms. The van der Waals surface area contributed by atoms with Gasteiger partial charge in [-0.3, -0.25) is 4.98 Å². The molecular weight excluding hydrogens is 196 g/mol. The van der Waals surface area contributed by atoms with Crippen molar-refractivity contribution in [3.05, 3.63) is 48.2 Å². The van der Waals surface area contributed by atoms with E-state index >= 15 is 0 Å². The zero-order valence-corrected chi connectivity index (χ0v) is 9.45. The maximum Gasteiger partial charge on any atom is 2.00 e. The Morgan fingerprint density at radius 1 is 1.54 bits per heavy atom. The molecular formula is C9H9ClMgN2. The van der Waals surface area contributed by atoms with Gasteiger partial charge in [0.1, 0.15) is 0 Å². The first-order valence-electron chi connectivity index (χ1n) is 3.41. The third kappa shape index (κ3) is 5.03. The molecule has 0 spiro atoms. The number of hydrogen-bond acceptors (Lipinski definition) is 1. The van der Waals surface area contributed by atoms with Crippen molar-refractivity contribution in [1.82, 2.24) is 4.98 Å². The Morgan fingerprint density at radius 2 is 2.23 bits per heavy atom. The van der Waals surface area contributed by atoms with E-state index in [9.17, 15) is 5.41 Å². The van der Waals surface area contributed by atoms with Gasteiger partial charge in [0.15, 0.2) is 0 Å². The van der Waals surface area contributed by atoms with Gasteiger partial charge in [-0.25, -0.2) is 0 Å². The van der Waals surface area contributed by atoms with E-state index in [-0.39, 0.29) is 41.2 Å². The van der Waals surface area contributed by atoms with E-state index in [4.69, 9.17) is 0 Å². The van der Waals surface area contributed by atoms with E-state index in [0.717, 1.165) is 0 Å². The summed E-state index contributed by atoms with van der Waals surface area (Å²) in [7, 11) is 0. The summed E-state index contributed by atoms with van der Waals surface area (Å²) < 4.78 is 0. The average Bonchev–Trinajstić information content (AvgIpc) is 2.07. The molecule has 1 aromatic heterocycles. The maximum absolute atomic E-state index is 9.30. The Morgan fingerprint density at radius 3 is 2.69 bits per heavy atom. The van der Waals surface area contributed by atoms with Crippen molar-refractivity contribution in [3.63, 3.8) is 0 Å². The molecule has 1 heterocycles. The molecule has 0 aliphatic rings. The Hall–Kier alpha value is -0.384. The van der Waals surface area contributed by atoms with Crippen LogP contribution in [0.4, 0.5) is 0 Å². The Kier molecular flexibility index (Phi) is 9.56. The Balaban J connectivity index is 0. The van der Waals surface area contributed by atoms with Crippen molar-refractivity contribution in [2.75, 3.05) is 0 Å². The minimum Gasteiger partial charge on any atom is -1.00 e. The van der Waals surface area contributed by atoms with Crippen LogP contribution in [0.3, 0.4) is 0 Å². The van der Waals surface area contributed by atoms with Crippen molar-refractivity contribution in [1.29, 1.82) is 0 Å². The van der Waals surface area contributed by atoms with E-state index in [2.05, 4.69) is 11.6 Å². The number of rotatable bonds is 3. The van der Waals surface area contributed by atoms with E-state index < -0.39 is 0 Å². The van der Waals surface area contributed by atoms with Crippen LogP contribution in [0.2, 0.25) is 0 Å². The molecule has 0 bridgehead atoms. The van der Waals surface area contributed by atoms with Crippen molar-refractivity contribution >= 4 is 28.8 Å². The second-order valence-corrected chi connectivity index (χ2v) is 2.15. The number of hydrogen-bond donors (Lipinski definition) is 0. The van der Waals surface area contributed by atoms with E-state index in [1.807, 2.05) is 12.1 Å². The molecule has 1 aromatic rings. The fraction of sp³-hybridized carbons (Fsp3) is 0.111. The van der Waals surface area contributed by atoms with E-state index in [0.29, 0.717) is 12.1 Å². The van der Waals surface area contributed by atoms with Gasteiger partial charge in [0.2, 0.25) is 0 Å². The predicted octanol–water partition coefficient (Wildman–Crippen LogP) is -1.36. The van der Waals surface area contributed by atoms with Gasteiger partial charge in [-0.05, 0) is 18.6 Å². The van der Waals surface area contributed by atoms with Crippen LogP contribution in [-0.2, 0) is 0 Å². The minimum absolute atomic E-state index is 0. The van der Waals surface area contributed by atoms with Gasteiger partial charge in [0.05, 0.1) is 0 Å². The first-order valence-corrected chi connectivity index (χ1v) is 3.41. The molecule has 0 radical (unpaired) electrons. The summed E-state index contributed by atoms with van der Waals surface area (Å²) in [6.45, 7) is 3.52. The van der Waals surface area contributed by atoms with Gasteiger partial charge < -0.3 is 17.8 Å². The molecule has 0 fully saturated rings. The number of aromatic nitrogens is 1. The summed E-state index contributed by atoms with van der Waals surface area (Å²) in [5.74, 6) is 0. The van der Waals surface area contributed by atoms with Gasteiger partial charge in [0.25, 0.3) is 0 Å². The van der Waals surface area contributed by atoms with Crippen LogP contribution in [0.5, 0.6) is 0 Å². The number of nitrogens with zero attached hydrogens (tertiary/aromatic N) is 2. The predicted molar refractivity (Wildman–Crippen MR) is 52.3 cm³/mol. The first-order chi connectivity index (χ1) is 5.34. The van der Waals surface area contributed by atoms with Gasteiger partial charge in [0, 0.05) is 11.9 Å². The monoisotopic (exact) mass is 204 g/mol. The summed E-state index contributed by atoms with van der Waals surface area (Å²) in [4.78, 5) is 3.96. The summed E-state index contributed by atoms with van der Waals surface area (Å²) in [6, 6.07) is 5.41. The van der Waals surface area contributed by atoms with Crippen molar-refractivity contribution < 1.29 is 12.4 Å². The van der Waals surface area contributed by atoms with E-state index in [1.165, 1.54) is 0 Å². The van der Waals surface area contributed by atoms with Gasteiger partial charge in [-0.15, -0.1) is 6.58 Å². The zero-order valence-electron chi connectivity index (χ0n) is 7.28. The topological polar surface area (TPSA) is 35.2 Å². The molecule has 0 aromatic carbocycles. The molecule has 0 aliphatic heterocycles. The number of pyridine rings is 1. The van der Waals surface area contributed by atoms with Crippen LogP contribution in [0.25, 0.3) is 5.41 Å². The van der Waals surface area contributed by atoms with E-state index in [1.54, 1.807) is 18.3 Å². The maximum atomic E-state index is 9.30. The standard InChI is InChI=1S/C9H9N2.ClH.Mg/c1-2-5-8(10)9-6-3-4-7-11-9;;/h2-4,6-7H,1,5H2;1H;/q-1;;+2/p-1. The van der Waals surface area contributed by atoms with Crippen molar-refractivity contribution in [2.24, 2.45) is 0 Å².